The number of aromatic nitrogens is 4. The third kappa shape index (κ3) is 4.30. The molecule has 5 rings (SSSR count). The Bertz CT molecular complexity index is 1430. The maximum Gasteiger partial charge on any atom is 0.236 e. The van der Waals surface area contributed by atoms with Crippen molar-refractivity contribution in [3.63, 3.8) is 0 Å². The Labute approximate surface area is 192 Å². The highest BCUT2D eigenvalue weighted by Gasteiger charge is 2.11. The van der Waals surface area contributed by atoms with E-state index in [-0.39, 0.29) is 11.7 Å². The van der Waals surface area contributed by atoms with Crippen molar-refractivity contribution in [3.05, 3.63) is 66.4 Å². The third-order valence-corrected chi connectivity index (χ3v) is 6.68. The van der Waals surface area contributed by atoms with Crippen LogP contribution in [0.4, 0.5) is 5.13 Å². The average molecular weight is 462 g/mol. The minimum absolute atomic E-state index is 0.114. The summed E-state index contributed by atoms with van der Waals surface area (Å²) < 4.78 is 8.00. The van der Waals surface area contributed by atoms with Crippen molar-refractivity contribution >= 4 is 50.0 Å². The van der Waals surface area contributed by atoms with Gasteiger partial charge in [-0.1, -0.05) is 29.2 Å². The van der Waals surface area contributed by atoms with E-state index in [1.807, 2.05) is 61.7 Å². The normalized spacial score (nSPS) is 11.2. The van der Waals surface area contributed by atoms with Crippen LogP contribution >= 0.6 is 23.1 Å². The number of rotatable bonds is 6. The molecule has 3 heterocycles. The molecule has 0 radical (unpaired) electrons. The number of thioether (sulfide) groups is 1. The number of aryl methyl sites for hydroxylation is 1. The van der Waals surface area contributed by atoms with Gasteiger partial charge in [0.2, 0.25) is 5.91 Å². The molecule has 2 aromatic carbocycles. The summed E-state index contributed by atoms with van der Waals surface area (Å²) in [6.07, 6.45) is 1.88. The molecule has 0 atom stereocenters. The lowest BCUT2D eigenvalue weighted by molar-refractivity contribution is -0.113. The van der Waals surface area contributed by atoms with Crippen molar-refractivity contribution < 1.29 is 9.53 Å². The van der Waals surface area contributed by atoms with E-state index in [0.29, 0.717) is 5.13 Å². The summed E-state index contributed by atoms with van der Waals surface area (Å²) in [6, 6.07) is 17.6. The number of nitrogens with zero attached hydrogens (tertiary/aromatic N) is 4. The number of imidazole rings is 1. The van der Waals surface area contributed by atoms with Gasteiger partial charge in [0.15, 0.2) is 10.8 Å². The first-order chi connectivity index (χ1) is 15.6. The third-order valence-electron chi connectivity index (χ3n) is 4.82. The number of ether oxygens (including phenoxy) is 1. The molecule has 0 saturated heterocycles. The highest BCUT2D eigenvalue weighted by Crippen LogP contribution is 2.27. The van der Waals surface area contributed by atoms with Crippen LogP contribution in [0.1, 0.15) is 5.56 Å². The summed E-state index contributed by atoms with van der Waals surface area (Å²) in [4.78, 5) is 21.5. The van der Waals surface area contributed by atoms with E-state index in [9.17, 15) is 4.79 Å². The number of amides is 1. The minimum atomic E-state index is -0.114. The molecule has 3 aromatic heterocycles. The molecule has 1 N–H and O–H groups in total. The van der Waals surface area contributed by atoms with Gasteiger partial charge in [0.25, 0.3) is 0 Å². The Morgan fingerprint density at radius 3 is 2.78 bits per heavy atom. The molecule has 0 saturated carbocycles. The summed E-state index contributed by atoms with van der Waals surface area (Å²) in [5.74, 6) is 0.929. The Kier molecular flexibility index (Phi) is 5.50. The van der Waals surface area contributed by atoms with Gasteiger partial charge in [-0.3, -0.25) is 4.79 Å². The highest BCUT2D eigenvalue weighted by atomic mass is 32.2. The van der Waals surface area contributed by atoms with Crippen molar-refractivity contribution in [2.45, 2.75) is 11.9 Å². The van der Waals surface area contributed by atoms with E-state index < -0.39 is 0 Å². The fourth-order valence-electron chi connectivity index (χ4n) is 3.22. The maximum atomic E-state index is 12.4. The summed E-state index contributed by atoms with van der Waals surface area (Å²) >= 11 is 2.85. The van der Waals surface area contributed by atoms with Crippen LogP contribution in [0.25, 0.3) is 27.1 Å². The number of hydrogen-bond donors (Lipinski definition) is 1. The molecule has 32 heavy (non-hydrogen) atoms. The number of carbonyl (C=O) groups excluding carboxylic acids is 1. The quantitative estimate of drug-likeness (QED) is 0.356. The summed E-state index contributed by atoms with van der Waals surface area (Å²) in [5.41, 5.74) is 4.62. The number of hydrogen-bond acceptors (Lipinski definition) is 7. The zero-order chi connectivity index (χ0) is 22.1. The van der Waals surface area contributed by atoms with Crippen LogP contribution in [0.5, 0.6) is 5.75 Å². The lowest BCUT2D eigenvalue weighted by Gasteiger charge is -2.02. The number of methoxy groups -OCH3 is 1. The molecule has 5 aromatic rings. The van der Waals surface area contributed by atoms with Gasteiger partial charge in [-0.05, 0) is 61.0 Å². The molecule has 0 unspecified atom stereocenters. The largest absolute Gasteiger partial charge is 0.497 e. The van der Waals surface area contributed by atoms with Crippen molar-refractivity contribution in [2.24, 2.45) is 0 Å². The average Bonchev–Trinajstić information content (AvgIpc) is 3.40. The Morgan fingerprint density at radius 2 is 1.97 bits per heavy atom. The van der Waals surface area contributed by atoms with Gasteiger partial charge < -0.3 is 10.1 Å². The maximum absolute atomic E-state index is 12.4. The number of thiazole rings is 1. The second kappa shape index (κ2) is 8.60. The Hall–Kier alpha value is -3.43. The molecule has 0 spiro atoms. The van der Waals surface area contributed by atoms with Crippen molar-refractivity contribution in [1.29, 1.82) is 0 Å². The van der Waals surface area contributed by atoms with E-state index in [0.717, 1.165) is 37.9 Å². The summed E-state index contributed by atoms with van der Waals surface area (Å²) in [6.45, 7) is 2.04. The molecular formula is C23H19N5O2S2. The van der Waals surface area contributed by atoms with E-state index in [2.05, 4.69) is 26.4 Å². The number of nitrogens with one attached hydrogen (secondary N) is 1. The van der Waals surface area contributed by atoms with Gasteiger partial charge in [0, 0.05) is 5.56 Å². The number of carbonyl (C=O) groups is 1. The number of benzene rings is 2. The van der Waals surface area contributed by atoms with Gasteiger partial charge >= 0.3 is 0 Å². The fourth-order valence-corrected chi connectivity index (χ4v) is 4.86. The molecule has 0 bridgehead atoms. The predicted octanol–water partition coefficient (Wildman–Crippen LogP) is 5.05. The predicted molar refractivity (Wildman–Crippen MR) is 129 cm³/mol. The zero-order valence-electron chi connectivity index (χ0n) is 17.4. The monoisotopic (exact) mass is 461 g/mol. The summed E-state index contributed by atoms with van der Waals surface area (Å²) in [7, 11) is 1.64. The van der Waals surface area contributed by atoms with Gasteiger partial charge in [-0.15, -0.1) is 0 Å². The van der Waals surface area contributed by atoms with Crippen LogP contribution < -0.4 is 10.1 Å². The van der Waals surface area contributed by atoms with Crippen molar-refractivity contribution in [1.82, 2.24) is 19.6 Å². The van der Waals surface area contributed by atoms with Gasteiger partial charge in [0.1, 0.15) is 10.8 Å². The fraction of sp³-hybridized carbons (Fsp3) is 0.130. The van der Waals surface area contributed by atoms with Gasteiger partial charge in [-0.25, -0.2) is 14.5 Å². The molecule has 0 aliphatic heterocycles. The van der Waals surface area contributed by atoms with E-state index in [1.54, 1.807) is 11.6 Å². The lowest BCUT2D eigenvalue weighted by Crippen LogP contribution is -2.14. The van der Waals surface area contributed by atoms with E-state index in [4.69, 9.17) is 4.74 Å². The Morgan fingerprint density at radius 1 is 1.12 bits per heavy atom. The second-order valence-corrected chi connectivity index (χ2v) is 9.18. The van der Waals surface area contributed by atoms with E-state index >= 15 is 0 Å². The van der Waals surface area contributed by atoms with Crippen LogP contribution in [0.15, 0.2) is 65.8 Å². The molecule has 0 fully saturated rings. The summed E-state index contributed by atoms with van der Waals surface area (Å²) in [5, 5.41) is 8.81. The molecular weight excluding hydrogens is 442 g/mol. The Balaban J connectivity index is 1.25. The SMILES string of the molecule is COc1ccc(-c2cn3nc(SCC(=O)Nc4nc5ccc(C)cc5s4)ccc3n2)cc1. The van der Waals surface area contributed by atoms with Crippen LogP contribution in [0, 0.1) is 6.92 Å². The molecule has 0 aliphatic carbocycles. The van der Waals surface area contributed by atoms with Gasteiger partial charge in [0.05, 0.1) is 35.0 Å². The minimum Gasteiger partial charge on any atom is -0.497 e. The van der Waals surface area contributed by atoms with Crippen LogP contribution in [0.3, 0.4) is 0 Å². The number of anilines is 1. The molecule has 160 valence electrons. The van der Waals surface area contributed by atoms with E-state index in [1.165, 1.54) is 28.7 Å². The van der Waals surface area contributed by atoms with Gasteiger partial charge in [-0.2, -0.15) is 5.10 Å². The van der Waals surface area contributed by atoms with Crippen LogP contribution in [-0.4, -0.2) is 38.4 Å². The zero-order valence-corrected chi connectivity index (χ0v) is 19.0. The highest BCUT2D eigenvalue weighted by molar-refractivity contribution is 7.99. The molecule has 9 heteroatoms. The molecule has 1 amide bonds. The first-order valence-corrected chi connectivity index (χ1v) is 11.7. The first kappa shape index (κ1) is 20.5. The topological polar surface area (TPSA) is 81.4 Å². The van der Waals surface area contributed by atoms with Crippen molar-refractivity contribution in [3.8, 4) is 17.0 Å². The first-order valence-electron chi connectivity index (χ1n) is 9.88. The van der Waals surface area contributed by atoms with Crippen molar-refractivity contribution in [2.75, 3.05) is 18.2 Å². The second-order valence-electron chi connectivity index (χ2n) is 7.16. The molecule has 7 nitrogen and oxygen atoms in total. The smallest absolute Gasteiger partial charge is 0.236 e. The number of fused-ring (bicyclic) bond motifs is 2. The standard InChI is InChI=1S/C23H19N5O2S2/c1-14-3-8-17-19(11-14)32-23(25-17)26-21(29)13-31-22-10-9-20-24-18(12-28(20)27-22)15-4-6-16(30-2)7-5-15/h3-12H,13H2,1-2H3,(H,25,26,29). The molecule has 0 aliphatic rings. The van der Waals surface area contributed by atoms with Crippen LogP contribution in [0.2, 0.25) is 0 Å². The van der Waals surface area contributed by atoms with Crippen LogP contribution in [-0.2, 0) is 4.79 Å². The lowest BCUT2D eigenvalue weighted by atomic mass is 10.2.